The lowest BCUT2D eigenvalue weighted by Crippen LogP contribution is -2.72. The number of nitrogens with one attached hydrogen (secondary N) is 1. The molecule has 2 atom stereocenters. The number of nitrogen functional groups attached to an aromatic ring is 1. The highest BCUT2D eigenvalue weighted by molar-refractivity contribution is 7.13. The predicted octanol–water partition coefficient (Wildman–Crippen LogP) is 1.64. The Morgan fingerprint density at radius 2 is 1.87 bits per heavy atom. The molecule has 3 amide bonds. The number of fused-ring (bicyclic) bond motifs is 1. The molecule has 5 heterocycles. The Balaban J connectivity index is 1.12. The summed E-state index contributed by atoms with van der Waals surface area (Å²) in [5.74, 6) is -3.58. The summed E-state index contributed by atoms with van der Waals surface area (Å²) in [5, 5.41) is 17.9. The van der Waals surface area contributed by atoms with Crippen LogP contribution in [0.3, 0.4) is 0 Å². The number of carbonyl (C=O) groups excluding carboxylic acids is 4. The number of nitrogens with zero attached hydrogens (tertiary/aromatic N) is 5. The number of β-lactam (4-membered cyclic amide) rings is 1. The zero-order valence-electron chi connectivity index (χ0n) is 25.8. The fraction of sp³-hybridized carbons (Fsp3) is 0.406. The average molecular weight is 662 g/mol. The van der Waals surface area contributed by atoms with E-state index in [4.69, 9.17) is 5.73 Å². The Bertz CT molecular complexity index is 1690. The molecule has 4 N–H and O–H groups in total. The van der Waals surface area contributed by atoms with Crippen LogP contribution >= 0.6 is 11.3 Å². The first-order valence-electron chi connectivity index (χ1n) is 15.5. The molecule has 4 aliphatic heterocycles. The summed E-state index contributed by atoms with van der Waals surface area (Å²) < 4.78 is 0. The van der Waals surface area contributed by atoms with Crippen molar-refractivity contribution in [2.75, 3.05) is 25.4 Å². The summed E-state index contributed by atoms with van der Waals surface area (Å²) in [6.07, 6.45) is 4.55. The number of carbonyl (C=O) groups is 5. The molecule has 3 fully saturated rings. The fourth-order valence-electron chi connectivity index (χ4n) is 6.71. The van der Waals surface area contributed by atoms with Crippen molar-refractivity contribution in [2.24, 2.45) is 5.16 Å². The van der Waals surface area contributed by atoms with Crippen LogP contribution in [0, 0.1) is 0 Å². The van der Waals surface area contributed by atoms with Gasteiger partial charge in [-0.25, -0.2) is 14.6 Å². The van der Waals surface area contributed by atoms with E-state index in [1.165, 1.54) is 15.8 Å². The van der Waals surface area contributed by atoms with Crippen LogP contribution in [0.2, 0.25) is 0 Å². The van der Waals surface area contributed by atoms with Crippen LogP contribution in [0.5, 0.6) is 0 Å². The number of rotatable bonds is 9. The maximum Gasteiger partial charge on any atom is 0.352 e. The van der Waals surface area contributed by atoms with Crippen LogP contribution in [0.15, 0.2) is 63.8 Å². The minimum absolute atomic E-state index is 0.0616. The van der Waals surface area contributed by atoms with Crippen molar-refractivity contribution in [1.82, 2.24) is 25.0 Å². The molecule has 1 aromatic carbocycles. The molecule has 4 aliphatic rings. The van der Waals surface area contributed by atoms with Gasteiger partial charge < -0.3 is 25.9 Å². The van der Waals surface area contributed by atoms with Crippen molar-refractivity contribution in [3.05, 3.63) is 69.9 Å². The third kappa shape index (κ3) is 6.67. The molecule has 2 aromatic rings. The number of aromatic nitrogens is 1. The van der Waals surface area contributed by atoms with Crippen molar-refractivity contribution >= 4 is 51.8 Å². The lowest BCUT2D eigenvalue weighted by atomic mass is 9.82. The Labute approximate surface area is 274 Å². The minimum atomic E-state index is -1.29. The van der Waals surface area contributed by atoms with Gasteiger partial charge in [0.1, 0.15) is 17.4 Å². The first kappa shape index (κ1) is 32.1. The highest BCUT2D eigenvalue weighted by atomic mass is 32.1. The standard InChI is InChI=1S/C32H35N7O7S/c1-18(40)46-36-25(23-17-47-32(33)34-23)28(41)35-26-24-8-7-20(27(31(44)45)39(24)30(26)43)15-21-9-14-38(29(21)42)22-10-12-37(13-11-22)16-19-5-3-2-4-6-19/h2-6,15,17,22,24,26H,7-14,16H2,1H3,(H2,33,34)(H,35,41)(H,44,45)/t24-,26+/m1/s1. The highest BCUT2D eigenvalue weighted by Gasteiger charge is 2.53. The van der Waals surface area contributed by atoms with Gasteiger partial charge in [-0.2, -0.15) is 0 Å². The second-order valence-corrected chi connectivity index (χ2v) is 12.8. The molecule has 6 rings (SSSR count). The number of carboxylic acid groups (broad SMARTS) is 1. The van der Waals surface area contributed by atoms with Gasteiger partial charge in [-0.3, -0.25) is 24.2 Å². The van der Waals surface area contributed by atoms with Gasteiger partial charge >= 0.3 is 11.9 Å². The second-order valence-electron chi connectivity index (χ2n) is 11.9. The smallest absolute Gasteiger partial charge is 0.352 e. The maximum atomic E-state index is 13.5. The summed E-state index contributed by atoms with van der Waals surface area (Å²) in [6.45, 7) is 4.35. The Morgan fingerprint density at radius 3 is 2.53 bits per heavy atom. The molecular formula is C32H35N7O7S. The van der Waals surface area contributed by atoms with Gasteiger partial charge in [-0.05, 0) is 49.3 Å². The van der Waals surface area contributed by atoms with E-state index in [1.807, 2.05) is 23.1 Å². The van der Waals surface area contributed by atoms with Gasteiger partial charge in [0.15, 0.2) is 10.8 Å². The molecule has 47 heavy (non-hydrogen) atoms. The third-order valence-electron chi connectivity index (χ3n) is 8.96. The number of hydrogen-bond acceptors (Lipinski definition) is 11. The summed E-state index contributed by atoms with van der Waals surface area (Å²) in [5.41, 5.74) is 7.41. The number of likely N-dealkylation sites (tertiary alicyclic amines) is 2. The lowest BCUT2D eigenvalue weighted by molar-refractivity contribution is -0.155. The molecule has 3 saturated heterocycles. The zero-order chi connectivity index (χ0) is 33.2. The summed E-state index contributed by atoms with van der Waals surface area (Å²) >= 11 is 1.05. The number of thiazole rings is 1. The monoisotopic (exact) mass is 661 g/mol. The quantitative estimate of drug-likeness (QED) is 0.117. The molecule has 0 saturated carbocycles. The Morgan fingerprint density at radius 1 is 1.13 bits per heavy atom. The number of amides is 3. The second kappa shape index (κ2) is 13.5. The molecular weight excluding hydrogens is 626 g/mol. The number of piperidine rings is 1. The van der Waals surface area contributed by atoms with E-state index >= 15 is 0 Å². The van der Waals surface area contributed by atoms with Crippen LogP contribution in [0.4, 0.5) is 5.13 Å². The number of aliphatic carboxylic acids is 1. The summed E-state index contributed by atoms with van der Waals surface area (Å²) in [6, 6.07) is 8.78. The van der Waals surface area contributed by atoms with E-state index < -0.39 is 35.8 Å². The number of anilines is 1. The zero-order valence-corrected chi connectivity index (χ0v) is 26.6. The number of hydrogen-bond donors (Lipinski definition) is 3. The average Bonchev–Trinajstić information content (AvgIpc) is 3.65. The normalized spacial score (nSPS) is 23.2. The Hall–Kier alpha value is -4.89. The molecule has 15 heteroatoms. The Kier molecular flexibility index (Phi) is 9.18. The third-order valence-corrected chi connectivity index (χ3v) is 9.64. The van der Waals surface area contributed by atoms with Gasteiger partial charge in [0, 0.05) is 50.1 Å². The van der Waals surface area contributed by atoms with Crippen molar-refractivity contribution in [3.8, 4) is 0 Å². The summed E-state index contributed by atoms with van der Waals surface area (Å²) in [4.78, 5) is 77.8. The molecule has 0 bridgehead atoms. The van der Waals surface area contributed by atoms with Crippen LogP contribution < -0.4 is 11.1 Å². The summed E-state index contributed by atoms with van der Waals surface area (Å²) in [7, 11) is 0. The highest BCUT2D eigenvalue weighted by Crippen LogP contribution is 2.38. The van der Waals surface area contributed by atoms with Gasteiger partial charge in [0.2, 0.25) is 5.91 Å². The van der Waals surface area contributed by atoms with E-state index in [1.54, 1.807) is 6.08 Å². The molecule has 0 radical (unpaired) electrons. The largest absolute Gasteiger partial charge is 0.477 e. The first-order valence-corrected chi connectivity index (χ1v) is 16.3. The lowest BCUT2D eigenvalue weighted by Gasteiger charge is -2.50. The maximum absolute atomic E-state index is 13.5. The van der Waals surface area contributed by atoms with Crippen LogP contribution in [0.25, 0.3) is 0 Å². The van der Waals surface area contributed by atoms with E-state index in [9.17, 15) is 29.1 Å². The van der Waals surface area contributed by atoms with Crippen molar-refractivity contribution in [3.63, 3.8) is 0 Å². The van der Waals surface area contributed by atoms with E-state index in [0.29, 0.717) is 37.0 Å². The number of carboxylic acids is 1. The van der Waals surface area contributed by atoms with E-state index in [2.05, 4.69) is 37.3 Å². The SMILES string of the molecule is CC(=O)ON=C(C(=O)N[C@@H]1C(=O)N2C(C(=O)O)=C(C=C3CCN(C4CCN(Cc5ccccc5)CC4)C3=O)CC[C@H]12)c1csc(N)n1. The van der Waals surface area contributed by atoms with E-state index in [-0.39, 0.29) is 34.2 Å². The first-order chi connectivity index (χ1) is 22.6. The molecule has 1 aromatic heterocycles. The molecule has 246 valence electrons. The molecule has 0 spiro atoms. The van der Waals surface area contributed by atoms with Crippen molar-refractivity contribution in [1.29, 1.82) is 0 Å². The van der Waals surface area contributed by atoms with Gasteiger partial charge in [0.25, 0.3) is 11.8 Å². The van der Waals surface area contributed by atoms with Crippen molar-refractivity contribution in [2.45, 2.75) is 63.7 Å². The number of benzene rings is 1. The van der Waals surface area contributed by atoms with Crippen LogP contribution in [0.1, 0.15) is 50.3 Å². The minimum Gasteiger partial charge on any atom is -0.477 e. The fourth-order valence-corrected chi connectivity index (χ4v) is 7.26. The molecule has 0 unspecified atom stereocenters. The molecule has 0 aliphatic carbocycles. The van der Waals surface area contributed by atoms with Crippen molar-refractivity contribution < 1.29 is 33.9 Å². The van der Waals surface area contributed by atoms with Gasteiger partial charge in [-0.1, -0.05) is 35.5 Å². The predicted molar refractivity (Wildman–Crippen MR) is 170 cm³/mol. The van der Waals surface area contributed by atoms with Gasteiger partial charge in [-0.15, -0.1) is 11.3 Å². The van der Waals surface area contributed by atoms with Crippen LogP contribution in [-0.2, 0) is 35.4 Å². The number of allylic oxidation sites excluding steroid dienone is 2. The van der Waals surface area contributed by atoms with Crippen LogP contribution in [-0.4, -0.2) is 97.9 Å². The van der Waals surface area contributed by atoms with E-state index in [0.717, 1.165) is 50.7 Å². The molecule has 14 nitrogen and oxygen atoms in total. The number of nitrogens with two attached hydrogens (primary N) is 1. The topological polar surface area (TPSA) is 188 Å². The van der Waals surface area contributed by atoms with Gasteiger partial charge in [0.05, 0.1) is 6.04 Å². The number of oxime groups is 1.